The van der Waals surface area contributed by atoms with Crippen LogP contribution >= 0.6 is 0 Å². The number of allylic oxidation sites excluding steroid dienone is 6. The smallest absolute Gasteiger partial charge is 0.107 e. The molecule has 0 fully saturated rings. The molecule has 1 aromatic rings. The van der Waals surface area contributed by atoms with Gasteiger partial charge < -0.3 is 9.15 Å². The Kier molecular flexibility index (Phi) is 3.09. The molecule has 0 saturated heterocycles. The maximum atomic E-state index is 5.67. The Morgan fingerprint density at radius 1 is 1.37 bits per heavy atom. The van der Waals surface area contributed by atoms with Crippen LogP contribution in [0.2, 0.25) is 0 Å². The lowest BCUT2D eigenvalue weighted by Crippen LogP contribution is -2.26. The van der Waals surface area contributed by atoms with E-state index < -0.39 is 0 Å². The lowest BCUT2D eigenvalue weighted by atomic mass is 9.69. The number of ether oxygens (including phenoxy) is 1. The van der Waals surface area contributed by atoms with Crippen molar-refractivity contribution < 1.29 is 9.15 Å². The Labute approximate surface area is 114 Å². The van der Waals surface area contributed by atoms with Crippen LogP contribution in [0.25, 0.3) is 0 Å². The number of hydrogen-bond acceptors (Lipinski definition) is 2. The fraction of sp³-hybridized carbons (Fsp3) is 0.412. The number of hydrogen-bond donors (Lipinski definition) is 0. The molecular formula is C17H20O2. The highest BCUT2D eigenvalue weighted by Crippen LogP contribution is 2.49. The van der Waals surface area contributed by atoms with Gasteiger partial charge >= 0.3 is 0 Å². The maximum Gasteiger partial charge on any atom is 0.107 e. The maximum absolute atomic E-state index is 5.67. The van der Waals surface area contributed by atoms with E-state index in [1.165, 1.54) is 11.1 Å². The molecule has 2 heteroatoms. The minimum absolute atomic E-state index is 0.375. The molecule has 2 nitrogen and oxygen atoms in total. The van der Waals surface area contributed by atoms with Crippen LogP contribution in [0.3, 0.4) is 0 Å². The van der Waals surface area contributed by atoms with Gasteiger partial charge in [0.15, 0.2) is 0 Å². The van der Waals surface area contributed by atoms with Crippen molar-refractivity contribution in [2.24, 2.45) is 11.8 Å². The van der Waals surface area contributed by atoms with Gasteiger partial charge in [-0.2, -0.15) is 0 Å². The molecule has 0 amide bonds. The van der Waals surface area contributed by atoms with Crippen molar-refractivity contribution in [3.63, 3.8) is 0 Å². The first kappa shape index (κ1) is 12.3. The monoisotopic (exact) mass is 256 g/mol. The lowest BCUT2D eigenvalue weighted by molar-refractivity contribution is 0.225. The van der Waals surface area contributed by atoms with Gasteiger partial charge in [0.05, 0.1) is 13.4 Å². The lowest BCUT2D eigenvalue weighted by Gasteiger charge is -2.36. The summed E-state index contributed by atoms with van der Waals surface area (Å²) in [4.78, 5) is 0. The van der Waals surface area contributed by atoms with Crippen LogP contribution < -0.4 is 0 Å². The van der Waals surface area contributed by atoms with E-state index in [9.17, 15) is 0 Å². The van der Waals surface area contributed by atoms with Gasteiger partial charge in [-0.1, -0.05) is 32.1 Å². The van der Waals surface area contributed by atoms with Gasteiger partial charge in [0.25, 0.3) is 0 Å². The summed E-state index contributed by atoms with van der Waals surface area (Å²) in [6, 6.07) is 4.06. The van der Waals surface area contributed by atoms with Gasteiger partial charge in [0.1, 0.15) is 11.5 Å². The van der Waals surface area contributed by atoms with Crippen molar-refractivity contribution >= 4 is 0 Å². The molecular weight excluding hydrogens is 236 g/mol. The zero-order valence-corrected chi connectivity index (χ0v) is 11.7. The predicted molar refractivity (Wildman–Crippen MR) is 75.7 cm³/mol. The molecule has 0 aromatic carbocycles. The highest BCUT2D eigenvalue weighted by Gasteiger charge is 2.38. The Morgan fingerprint density at radius 3 is 2.84 bits per heavy atom. The molecule has 2 aliphatic rings. The molecule has 1 aromatic heterocycles. The van der Waals surface area contributed by atoms with Crippen molar-refractivity contribution in [3.8, 4) is 0 Å². The Bertz CT molecular complexity index is 544. The first-order valence-electron chi connectivity index (χ1n) is 6.91. The molecule has 2 unspecified atom stereocenters. The fourth-order valence-electron chi connectivity index (χ4n) is 3.43. The van der Waals surface area contributed by atoms with Crippen molar-refractivity contribution in [1.82, 2.24) is 0 Å². The summed E-state index contributed by atoms with van der Waals surface area (Å²) in [7, 11) is 1.76. The van der Waals surface area contributed by atoms with E-state index in [0.717, 1.165) is 17.9 Å². The fourth-order valence-corrected chi connectivity index (χ4v) is 3.43. The van der Waals surface area contributed by atoms with Crippen molar-refractivity contribution in [3.05, 3.63) is 59.3 Å². The molecule has 0 aliphatic heterocycles. The van der Waals surface area contributed by atoms with Crippen LogP contribution in [0.1, 0.15) is 31.9 Å². The molecule has 1 heterocycles. The second kappa shape index (κ2) is 4.76. The minimum atomic E-state index is 0.375. The first-order valence-corrected chi connectivity index (χ1v) is 6.91. The highest BCUT2D eigenvalue weighted by molar-refractivity contribution is 5.54. The number of rotatable bonds is 3. The summed E-state index contributed by atoms with van der Waals surface area (Å²) < 4.78 is 11.3. The number of methoxy groups -OCH3 is 1. The van der Waals surface area contributed by atoms with Crippen LogP contribution in [0.15, 0.2) is 57.9 Å². The molecule has 2 atom stereocenters. The van der Waals surface area contributed by atoms with E-state index in [-0.39, 0.29) is 0 Å². The SMILES string of the molecule is COC1=C2C=CC=C2C(C(C)C)C(c2ccco2)C1. The Morgan fingerprint density at radius 2 is 2.21 bits per heavy atom. The minimum Gasteiger partial charge on any atom is -0.500 e. The molecule has 3 rings (SSSR count). The molecule has 100 valence electrons. The van der Waals surface area contributed by atoms with Gasteiger partial charge in [-0.3, -0.25) is 0 Å². The topological polar surface area (TPSA) is 22.4 Å². The van der Waals surface area contributed by atoms with Crippen LogP contribution in [0.4, 0.5) is 0 Å². The molecule has 0 N–H and O–H groups in total. The zero-order chi connectivity index (χ0) is 13.4. The van der Waals surface area contributed by atoms with Crippen LogP contribution in [0.5, 0.6) is 0 Å². The van der Waals surface area contributed by atoms with E-state index in [1.54, 1.807) is 13.4 Å². The molecule has 19 heavy (non-hydrogen) atoms. The van der Waals surface area contributed by atoms with Crippen LogP contribution in [-0.4, -0.2) is 7.11 Å². The summed E-state index contributed by atoms with van der Waals surface area (Å²) in [5, 5.41) is 0. The van der Waals surface area contributed by atoms with Gasteiger partial charge in [0.2, 0.25) is 0 Å². The number of fused-ring (bicyclic) bond motifs is 1. The third kappa shape index (κ3) is 1.95. The van der Waals surface area contributed by atoms with Crippen molar-refractivity contribution in [2.75, 3.05) is 7.11 Å². The summed E-state index contributed by atoms with van der Waals surface area (Å²) in [6.45, 7) is 4.57. The van der Waals surface area contributed by atoms with Gasteiger partial charge in [-0.15, -0.1) is 0 Å². The van der Waals surface area contributed by atoms with Crippen LogP contribution in [-0.2, 0) is 4.74 Å². The summed E-state index contributed by atoms with van der Waals surface area (Å²) in [5.74, 6) is 3.60. The average molecular weight is 256 g/mol. The largest absolute Gasteiger partial charge is 0.500 e. The first-order chi connectivity index (χ1) is 9.22. The molecule has 2 aliphatic carbocycles. The quantitative estimate of drug-likeness (QED) is 0.798. The second-order valence-electron chi connectivity index (χ2n) is 5.62. The average Bonchev–Trinajstić information content (AvgIpc) is 3.06. The highest BCUT2D eigenvalue weighted by atomic mass is 16.5. The summed E-state index contributed by atoms with van der Waals surface area (Å²) >= 11 is 0. The third-order valence-corrected chi connectivity index (χ3v) is 4.22. The summed E-state index contributed by atoms with van der Waals surface area (Å²) in [5.41, 5.74) is 2.68. The normalized spacial score (nSPS) is 25.8. The van der Waals surface area contributed by atoms with Crippen LogP contribution in [0, 0.1) is 11.8 Å². The van der Waals surface area contributed by atoms with Gasteiger partial charge in [0, 0.05) is 17.9 Å². The van der Waals surface area contributed by atoms with E-state index in [1.807, 2.05) is 6.07 Å². The van der Waals surface area contributed by atoms with E-state index >= 15 is 0 Å². The van der Waals surface area contributed by atoms with E-state index in [2.05, 4.69) is 38.1 Å². The second-order valence-corrected chi connectivity index (χ2v) is 5.62. The molecule has 0 radical (unpaired) electrons. The van der Waals surface area contributed by atoms with Crippen molar-refractivity contribution in [1.29, 1.82) is 0 Å². The Balaban J connectivity index is 2.07. The van der Waals surface area contributed by atoms with E-state index in [4.69, 9.17) is 9.15 Å². The van der Waals surface area contributed by atoms with E-state index in [0.29, 0.717) is 17.8 Å². The standard InChI is InChI=1S/C17H20O2/c1-11(2)17-13-7-4-6-12(13)16(18-3)10-14(17)15-8-5-9-19-15/h4-9,11,14,17H,10H2,1-3H3. The molecule has 0 saturated carbocycles. The molecule has 0 spiro atoms. The van der Waals surface area contributed by atoms with Gasteiger partial charge in [-0.05, 0) is 29.5 Å². The summed E-state index contributed by atoms with van der Waals surface area (Å²) in [6.07, 6.45) is 9.21. The third-order valence-electron chi connectivity index (χ3n) is 4.22. The predicted octanol–water partition coefficient (Wildman–Crippen LogP) is 4.44. The van der Waals surface area contributed by atoms with Gasteiger partial charge in [-0.25, -0.2) is 0 Å². The van der Waals surface area contributed by atoms with Crippen molar-refractivity contribution in [2.45, 2.75) is 26.2 Å². The number of furan rings is 1. The Hall–Kier alpha value is -1.70. The molecule has 0 bridgehead atoms. The zero-order valence-electron chi connectivity index (χ0n) is 11.7.